The second kappa shape index (κ2) is 9.60. The second-order valence-electron chi connectivity index (χ2n) is 8.98. The van der Waals surface area contributed by atoms with E-state index in [0.29, 0.717) is 10.6 Å². The summed E-state index contributed by atoms with van der Waals surface area (Å²) < 4.78 is 0. The molecule has 0 heterocycles. The van der Waals surface area contributed by atoms with Gasteiger partial charge in [-0.15, -0.1) is 11.8 Å². The van der Waals surface area contributed by atoms with E-state index in [4.69, 9.17) is 17.3 Å². The van der Waals surface area contributed by atoms with Gasteiger partial charge in [0, 0.05) is 21.6 Å². The summed E-state index contributed by atoms with van der Waals surface area (Å²) >= 11 is 7.74. The molecule has 2 aliphatic rings. The normalized spacial score (nSPS) is 21.0. The summed E-state index contributed by atoms with van der Waals surface area (Å²) in [6, 6.07) is 18.7. The van der Waals surface area contributed by atoms with E-state index in [9.17, 15) is 15.8 Å². The predicted octanol–water partition coefficient (Wildman–Crippen LogP) is 6.84. The number of rotatable bonds is 4. The highest BCUT2D eigenvalue weighted by atomic mass is 35.5. The Bertz CT molecular complexity index is 1300. The molecule has 34 heavy (non-hydrogen) atoms. The van der Waals surface area contributed by atoms with Crippen molar-refractivity contribution in [3.8, 4) is 18.2 Å². The van der Waals surface area contributed by atoms with Crippen LogP contribution in [0, 0.1) is 59.2 Å². The predicted molar refractivity (Wildman–Crippen MR) is 136 cm³/mol. The van der Waals surface area contributed by atoms with Gasteiger partial charge in [0.05, 0.1) is 23.4 Å². The third kappa shape index (κ3) is 3.99. The molecular weight excluding hydrogens is 460 g/mol. The van der Waals surface area contributed by atoms with Crippen LogP contribution in [0.4, 0.5) is 0 Å². The number of allylic oxidation sites excluding steroid dienone is 4. The van der Waals surface area contributed by atoms with Crippen LogP contribution in [0.1, 0.15) is 47.4 Å². The number of thioether (sulfide) groups is 1. The van der Waals surface area contributed by atoms with Crippen molar-refractivity contribution in [3.63, 3.8) is 0 Å². The highest BCUT2D eigenvalue weighted by Gasteiger charge is 2.54. The Morgan fingerprint density at radius 2 is 1.79 bits per heavy atom. The van der Waals surface area contributed by atoms with E-state index in [1.807, 2.05) is 31.2 Å². The van der Waals surface area contributed by atoms with Gasteiger partial charge in [0.15, 0.2) is 5.41 Å². The van der Waals surface area contributed by atoms with E-state index in [2.05, 4.69) is 43.3 Å². The van der Waals surface area contributed by atoms with Crippen LogP contribution in [0.25, 0.3) is 0 Å². The Kier molecular flexibility index (Phi) is 6.77. The first-order chi connectivity index (χ1) is 16.4. The topological polar surface area (TPSA) is 97.4 Å². The fourth-order valence-corrected chi connectivity index (χ4v) is 6.40. The highest BCUT2D eigenvalue weighted by Crippen LogP contribution is 2.56. The molecule has 2 N–H and O–H groups in total. The third-order valence-corrected chi connectivity index (χ3v) is 8.38. The van der Waals surface area contributed by atoms with E-state index in [0.717, 1.165) is 52.2 Å². The van der Waals surface area contributed by atoms with Crippen molar-refractivity contribution in [2.45, 2.75) is 49.7 Å². The molecule has 4 rings (SSSR count). The van der Waals surface area contributed by atoms with Gasteiger partial charge in [-0.1, -0.05) is 29.8 Å². The summed E-state index contributed by atoms with van der Waals surface area (Å²) in [6.45, 7) is 4.12. The van der Waals surface area contributed by atoms with Crippen LogP contribution in [0.5, 0.6) is 0 Å². The first kappa shape index (κ1) is 24.0. The van der Waals surface area contributed by atoms with Gasteiger partial charge in [0.25, 0.3) is 0 Å². The molecular formula is C28H25ClN4S. The van der Waals surface area contributed by atoms with Gasteiger partial charge in [-0.2, -0.15) is 15.8 Å². The number of hydrogen-bond donors (Lipinski definition) is 1. The zero-order chi connectivity index (χ0) is 24.5. The molecule has 2 aromatic rings. The Morgan fingerprint density at radius 3 is 2.44 bits per heavy atom. The number of nitrogens with zero attached hydrogens (tertiary/aromatic N) is 3. The summed E-state index contributed by atoms with van der Waals surface area (Å²) in [6.07, 6.45) is 4.73. The molecule has 2 aromatic carbocycles. The maximum atomic E-state index is 10.3. The summed E-state index contributed by atoms with van der Waals surface area (Å²) in [4.78, 5) is 1.12. The van der Waals surface area contributed by atoms with Crippen LogP contribution in [0.3, 0.4) is 0 Å². The van der Waals surface area contributed by atoms with Crippen molar-refractivity contribution in [3.05, 3.63) is 86.6 Å². The van der Waals surface area contributed by atoms with E-state index in [1.165, 1.54) is 5.56 Å². The number of fused-ring (bicyclic) bond motifs is 1. The molecule has 0 fully saturated rings. The molecule has 0 amide bonds. The molecule has 6 heteroatoms. The molecule has 0 saturated carbocycles. The monoisotopic (exact) mass is 484 g/mol. The molecule has 0 saturated heterocycles. The molecule has 170 valence electrons. The molecule has 2 aliphatic carbocycles. The minimum Gasteiger partial charge on any atom is -0.399 e. The van der Waals surface area contributed by atoms with Crippen molar-refractivity contribution >= 4 is 23.4 Å². The summed E-state index contributed by atoms with van der Waals surface area (Å²) in [7, 11) is 0. The van der Waals surface area contributed by atoms with Crippen LogP contribution < -0.4 is 5.73 Å². The first-order valence-electron chi connectivity index (χ1n) is 11.3. The maximum absolute atomic E-state index is 10.3. The summed E-state index contributed by atoms with van der Waals surface area (Å²) in [5.41, 5.74) is 10.5. The van der Waals surface area contributed by atoms with Crippen molar-refractivity contribution in [1.29, 1.82) is 15.8 Å². The first-order valence-corrected chi connectivity index (χ1v) is 12.6. The van der Waals surface area contributed by atoms with Gasteiger partial charge in [-0.3, -0.25) is 0 Å². The molecule has 0 aliphatic heterocycles. The van der Waals surface area contributed by atoms with E-state index in [1.54, 1.807) is 11.8 Å². The average molecular weight is 485 g/mol. The standard InChI is InChI=1S/C28H25ClN4S/c1-17-11-18(2)24(12-19(17)14-34-21-9-7-20(29)8-10-21)26-23-6-4-3-5-22(23)25(13-30)27(33)28(26,15-31)16-32/h5,7-12,23,26H,3-4,6,14,33H2,1-2H3/t23-,26+/m0/s1. The van der Waals surface area contributed by atoms with Crippen LogP contribution in [-0.4, -0.2) is 0 Å². The third-order valence-electron chi connectivity index (χ3n) is 7.07. The number of hydrogen-bond acceptors (Lipinski definition) is 5. The Labute approximate surface area is 210 Å². The van der Waals surface area contributed by atoms with Gasteiger partial charge in [0.2, 0.25) is 0 Å². The number of halogens is 1. The molecule has 0 spiro atoms. The summed E-state index contributed by atoms with van der Waals surface area (Å²) in [5.74, 6) is 0.237. The van der Waals surface area contributed by atoms with Crippen molar-refractivity contribution < 1.29 is 0 Å². The van der Waals surface area contributed by atoms with Crippen LogP contribution >= 0.6 is 23.4 Å². The van der Waals surface area contributed by atoms with Gasteiger partial charge >= 0.3 is 0 Å². The fourth-order valence-electron chi connectivity index (χ4n) is 5.32. The fraction of sp³-hybridized carbons (Fsp3) is 0.321. The van der Waals surface area contributed by atoms with Gasteiger partial charge in [-0.25, -0.2) is 0 Å². The maximum Gasteiger partial charge on any atom is 0.191 e. The quantitative estimate of drug-likeness (QED) is 0.479. The van der Waals surface area contributed by atoms with Crippen LogP contribution in [-0.2, 0) is 5.75 Å². The van der Waals surface area contributed by atoms with Crippen LogP contribution in [0.2, 0.25) is 5.02 Å². The number of benzene rings is 2. The van der Waals surface area contributed by atoms with E-state index in [-0.39, 0.29) is 11.6 Å². The molecule has 0 aromatic heterocycles. The lowest BCUT2D eigenvalue weighted by Gasteiger charge is -2.44. The molecule has 0 radical (unpaired) electrons. The molecule has 0 unspecified atom stereocenters. The zero-order valence-corrected chi connectivity index (χ0v) is 20.8. The Balaban J connectivity index is 1.83. The lowest BCUT2D eigenvalue weighted by Crippen LogP contribution is -2.43. The van der Waals surface area contributed by atoms with Crippen molar-refractivity contribution in [1.82, 2.24) is 0 Å². The minimum atomic E-state index is -1.58. The lowest BCUT2D eigenvalue weighted by molar-refractivity contribution is 0.316. The van der Waals surface area contributed by atoms with Crippen molar-refractivity contribution in [2.75, 3.05) is 0 Å². The largest absolute Gasteiger partial charge is 0.399 e. The van der Waals surface area contributed by atoms with Gasteiger partial charge in [-0.05, 0) is 91.1 Å². The SMILES string of the molecule is Cc1cc(C)c([C@H]2[C@H]3CCCC=C3C(C#N)=C(N)C2(C#N)C#N)cc1CSc1ccc(Cl)cc1. The Hall–Kier alpha value is -3.17. The number of aryl methyl sites for hydroxylation is 2. The smallest absolute Gasteiger partial charge is 0.191 e. The molecule has 4 nitrogen and oxygen atoms in total. The van der Waals surface area contributed by atoms with E-state index >= 15 is 0 Å². The number of nitrogens with two attached hydrogens (primary N) is 1. The molecule has 0 bridgehead atoms. The Morgan fingerprint density at radius 1 is 1.09 bits per heavy atom. The van der Waals surface area contributed by atoms with Gasteiger partial charge in [0.1, 0.15) is 6.07 Å². The van der Waals surface area contributed by atoms with E-state index < -0.39 is 11.3 Å². The lowest BCUT2D eigenvalue weighted by atomic mass is 9.56. The number of nitriles is 3. The van der Waals surface area contributed by atoms with Crippen LogP contribution in [0.15, 0.2) is 64.2 Å². The zero-order valence-electron chi connectivity index (χ0n) is 19.2. The average Bonchev–Trinajstić information content (AvgIpc) is 2.84. The molecule has 2 atom stereocenters. The second-order valence-corrected chi connectivity index (χ2v) is 10.5. The van der Waals surface area contributed by atoms with Crippen molar-refractivity contribution in [2.24, 2.45) is 17.1 Å². The minimum absolute atomic E-state index is 0.0893. The highest BCUT2D eigenvalue weighted by molar-refractivity contribution is 7.98. The van der Waals surface area contributed by atoms with Gasteiger partial charge < -0.3 is 5.73 Å². The summed E-state index contributed by atoms with van der Waals surface area (Å²) in [5, 5.41) is 31.2.